The van der Waals surface area contributed by atoms with Crippen LogP contribution in [0.1, 0.15) is 22.2 Å². The standard InChI is InChI=1S/C18H22ClN3O4S2/c1-4-22(12-17(23)20-11-14-6-5-9-27-14)18(24)13-7-8-15(19)16(10-13)28(25,26)21(2)3/h5-10H,4,11-12H2,1-3H3,(H,20,23). The summed E-state index contributed by atoms with van der Waals surface area (Å²) in [5.74, 6) is -0.737. The van der Waals surface area contributed by atoms with E-state index in [4.69, 9.17) is 11.6 Å². The van der Waals surface area contributed by atoms with E-state index in [1.54, 1.807) is 6.92 Å². The maximum Gasteiger partial charge on any atom is 0.254 e. The summed E-state index contributed by atoms with van der Waals surface area (Å²) in [5.41, 5.74) is 0.151. The van der Waals surface area contributed by atoms with Crippen molar-refractivity contribution in [3.8, 4) is 0 Å². The van der Waals surface area contributed by atoms with Crippen LogP contribution >= 0.6 is 22.9 Å². The third-order valence-corrected chi connectivity index (χ3v) is 7.15. The Kier molecular flexibility index (Phi) is 7.59. The molecule has 0 aliphatic heterocycles. The fourth-order valence-corrected chi connectivity index (χ4v) is 4.41. The minimum absolute atomic E-state index is 0.0296. The lowest BCUT2D eigenvalue weighted by atomic mass is 10.2. The predicted octanol–water partition coefficient (Wildman–Crippen LogP) is 2.43. The van der Waals surface area contributed by atoms with E-state index in [1.807, 2.05) is 17.5 Å². The van der Waals surface area contributed by atoms with E-state index in [9.17, 15) is 18.0 Å². The van der Waals surface area contributed by atoms with Crippen molar-refractivity contribution < 1.29 is 18.0 Å². The lowest BCUT2D eigenvalue weighted by Gasteiger charge is -2.21. The molecule has 0 unspecified atom stereocenters. The fourth-order valence-electron chi connectivity index (χ4n) is 2.37. The average Bonchev–Trinajstić information content (AvgIpc) is 3.17. The second-order valence-electron chi connectivity index (χ2n) is 6.11. The van der Waals surface area contributed by atoms with E-state index in [0.717, 1.165) is 9.18 Å². The molecule has 1 heterocycles. The summed E-state index contributed by atoms with van der Waals surface area (Å²) in [6.07, 6.45) is 0. The Morgan fingerprint density at radius 2 is 1.93 bits per heavy atom. The highest BCUT2D eigenvalue weighted by molar-refractivity contribution is 7.89. The monoisotopic (exact) mass is 443 g/mol. The van der Waals surface area contributed by atoms with Gasteiger partial charge in [-0.15, -0.1) is 11.3 Å². The second kappa shape index (κ2) is 9.51. The molecule has 2 rings (SSSR count). The molecule has 152 valence electrons. The number of carbonyl (C=O) groups excluding carboxylic acids is 2. The largest absolute Gasteiger partial charge is 0.350 e. The first-order valence-electron chi connectivity index (χ1n) is 8.47. The predicted molar refractivity (Wildman–Crippen MR) is 110 cm³/mol. The van der Waals surface area contributed by atoms with Crippen LogP contribution in [0.4, 0.5) is 0 Å². The quantitative estimate of drug-likeness (QED) is 0.678. The summed E-state index contributed by atoms with van der Waals surface area (Å²) >= 11 is 7.56. The summed E-state index contributed by atoms with van der Waals surface area (Å²) in [5, 5.41) is 4.72. The number of benzene rings is 1. The Bertz CT molecular complexity index is 944. The molecule has 28 heavy (non-hydrogen) atoms. The van der Waals surface area contributed by atoms with Crippen molar-refractivity contribution in [2.75, 3.05) is 27.2 Å². The van der Waals surface area contributed by atoms with E-state index in [2.05, 4.69) is 5.32 Å². The fraction of sp³-hybridized carbons (Fsp3) is 0.333. The van der Waals surface area contributed by atoms with Gasteiger partial charge in [0.15, 0.2) is 0 Å². The zero-order valence-corrected chi connectivity index (χ0v) is 18.2. The number of halogens is 1. The molecule has 0 aliphatic rings. The highest BCUT2D eigenvalue weighted by Gasteiger charge is 2.24. The number of rotatable bonds is 8. The molecule has 1 aromatic carbocycles. The van der Waals surface area contributed by atoms with Gasteiger partial charge in [-0.2, -0.15) is 0 Å². The molecular weight excluding hydrogens is 422 g/mol. The Morgan fingerprint density at radius 1 is 1.21 bits per heavy atom. The van der Waals surface area contributed by atoms with Crippen molar-refractivity contribution >= 4 is 44.8 Å². The van der Waals surface area contributed by atoms with Crippen molar-refractivity contribution in [2.24, 2.45) is 0 Å². The van der Waals surface area contributed by atoms with Gasteiger partial charge in [-0.1, -0.05) is 17.7 Å². The molecule has 0 saturated carbocycles. The lowest BCUT2D eigenvalue weighted by molar-refractivity contribution is -0.121. The molecule has 1 aromatic heterocycles. The van der Waals surface area contributed by atoms with E-state index in [0.29, 0.717) is 13.1 Å². The van der Waals surface area contributed by atoms with Gasteiger partial charge in [0, 0.05) is 31.1 Å². The van der Waals surface area contributed by atoms with Gasteiger partial charge in [0.2, 0.25) is 15.9 Å². The molecule has 0 saturated heterocycles. The third kappa shape index (κ3) is 5.32. The number of thiophene rings is 1. The van der Waals surface area contributed by atoms with Gasteiger partial charge in [0.25, 0.3) is 5.91 Å². The van der Waals surface area contributed by atoms with Gasteiger partial charge in [-0.05, 0) is 36.6 Å². The number of carbonyl (C=O) groups is 2. The number of nitrogens with zero attached hydrogens (tertiary/aromatic N) is 2. The summed E-state index contributed by atoms with van der Waals surface area (Å²) in [6.45, 7) is 2.31. The maximum atomic E-state index is 12.8. The Labute approximate surface area is 174 Å². The van der Waals surface area contributed by atoms with E-state index in [-0.39, 0.29) is 27.9 Å². The average molecular weight is 444 g/mol. The van der Waals surface area contributed by atoms with E-state index >= 15 is 0 Å². The molecule has 0 atom stereocenters. The van der Waals surface area contributed by atoms with Crippen LogP contribution in [-0.4, -0.2) is 56.6 Å². The molecule has 0 aliphatic carbocycles. The molecular formula is C18H22ClN3O4S2. The lowest BCUT2D eigenvalue weighted by Crippen LogP contribution is -2.40. The molecule has 2 amide bonds. The summed E-state index contributed by atoms with van der Waals surface area (Å²) in [7, 11) is -1.03. The number of likely N-dealkylation sites (N-methyl/N-ethyl adjacent to an activating group) is 1. The Hall–Kier alpha value is -1.94. The molecule has 10 heteroatoms. The first kappa shape index (κ1) is 22.4. The highest BCUT2D eigenvalue weighted by atomic mass is 35.5. The van der Waals surface area contributed by atoms with E-state index in [1.165, 1.54) is 48.5 Å². The first-order valence-corrected chi connectivity index (χ1v) is 11.2. The van der Waals surface area contributed by atoms with Gasteiger partial charge in [-0.25, -0.2) is 12.7 Å². The molecule has 0 bridgehead atoms. The Morgan fingerprint density at radius 3 is 2.50 bits per heavy atom. The number of nitrogens with one attached hydrogen (secondary N) is 1. The first-order chi connectivity index (χ1) is 13.2. The number of amides is 2. The molecule has 0 radical (unpaired) electrons. The van der Waals surface area contributed by atoms with Crippen LogP contribution in [0.5, 0.6) is 0 Å². The molecule has 0 fully saturated rings. The molecule has 1 N–H and O–H groups in total. The van der Waals surface area contributed by atoms with Crippen LogP contribution in [0, 0.1) is 0 Å². The van der Waals surface area contributed by atoms with Gasteiger partial charge < -0.3 is 10.2 Å². The van der Waals surface area contributed by atoms with Crippen molar-refractivity contribution in [3.05, 3.63) is 51.2 Å². The summed E-state index contributed by atoms with van der Waals surface area (Å²) in [4.78, 5) is 27.2. The number of hydrogen-bond acceptors (Lipinski definition) is 5. The zero-order valence-electron chi connectivity index (χ0n) is 15.8. The highest BCUT2D eigenvalue weighted by Crippen LogP contribution is 2.25. The molecule has 0 spiro atoms. The van der Waals surface area contributed by atoms with Crippen LogP contribution in [0.3, 0.4) is 0 Å². The van der Waals surface area contributed by atoms with Crippen LogP contribution in [0.2, 0.25) is 5.02 Å². The maximum absolute atomic E-state index is 12.8. The van der Waals surface area contributed by atoms with Crippen molar-refractivity contribution in [2.45, 2.75) is 18.4 Å². The van der Waals surface area contributed by atoms with Crippen LogP contribution < -0.4 is 5.32 Å². The topological polar surface area (TPSA) is 86.8 Å². The van der Waals surface area contributed by atoms with Crippen molar-refractivity contribution in [3.63, 3.8) is 0 Å². The summed E-state index contributed by atoms with van der Waals surface area (Å²) < 4.78 is 25.8. The van der Waals surface area contributed by atoms with E-state index < -0.39 is 15.9 Å². The zero-order chi connectivity index (χ0) is 20.9. The molecule has 7 nitrogen and oxygen atoms in total. The number of sulfonamides is 1. The SMILES string of the molecule is CCN(CC(=O)NCc1cccs1)C(=O)c1ccc(Cl)c(S(=O)(=O)N(C)C)c1. The van der Waals surface area contributed by atoms with Gasteiger partial charge >= 0.3 is 0 Å². The second-order valence-corrected chi connectivity index (χ2v) is 9.67. The normalized spacial score (nSPS) is 11.5. The van der Waals surface area contributed by atoms with Crippen LogP contribution in [0.15, 0.2) is 40.6 Å². The third-order valence-electron chi connectivity index (χ3n) is 3.98. The summed E-state index contributed by atoms with van der Waals surface area (Å²) in [6, 6.07) is 7.87. The smallest absolute Gasteiger partial charge is 0.254 e. The Balaban J connectivity index is 2.15. The minimum atomic E-state index is -3.80. The van der Waals surface area contributed by atoms with Gasteiger partial charge in [-0.3, -0.25) is 9.59 Å². The van der Waals surface area contributed by atoms with Crippen molar-refractivity contribution in [1.29, 1.82) is 0 Å². The van der Waals surface area contributed by atoms with Crippen LogP contribution in [-0.2, 0) is 21.4 Å². The molecule has 2 aromatic rings. The minimum Gasteiger partial charge on any atom is -0.350 e. The van der Waals surface area contributed by atoms with Crippen molar-refractivity contribution in [1.82, 2.24) is 14.5 Å². The van der Waals surface area contributed by atoms with Gasteiger partial charge in [0.05, 0.1) is 18.1 Å². The number of hydrogen-bond donors (Lipinski definition) is 1. The van der Waals surface area contributed by atoms with Crippen LogP contribution in [0.25, 0.3) is 0 Å². The van der Waals surface area contributed by atoms with Gasteiger partial charge in [0.1, 0.15) is 4.90 Å².